The van der Waals surface area contributed by atoms with Crippen molar-refractivity contribution in [2.24, 2.45) is 5.73 Å². The number of hydrogen-bond donors (Lipinski definition) is 2. The normalized spacial score (nSPS) is 11.4. The third-order valence-electron chi connectivity index (χ3n) is 5.68. The summed E-state index contributed by atoms with van der Waals surface area (Å²) in [6.45, 7) is 0.687. The van der Waals surface area contributed by atoms with E-state index in [1.165, 1.54) is 24.3 Å². The van der Waals surface area contributed by atoms with Gasteiger partial charge in [-0.25, -0.2) is 4.39 Å². The van der Waals surface area contributed by atoms with Gasteiger partial charge in [-0.3, -0.25) is 9.59 Å². The molecule has 0 aromatic heterocycles. The summed E-state index contributed by atoms with van der Waals surface area (Å²) in [5, 5.41) is 2.63. The lowest BCUT2D eigenvalue weighted by Crippen LogP contribution is -2.45. The topological polar surface area (TPSA) is 90.7 Å². The Labute approximate surface area is 214 Å². The van der Waals surface area contributed by atoms with Gasteiger partial charge in [-0.2, -0.15) is 0 Å². The SMILES string of the molecule is NC(=O)[C@H](Cc1ccc(OCc2ccccc2)c(OCc2ccccc2)c1)NC(=O)c1ccc(F)cc1. The monoisotopic (exact) mass is 498 g/mol. The first kappa shape index (κ1) is 25.4. The molecule has 0 fully saturated rings. The minimum absolute atomic E-state index is 0.142. The van der Waals surface area contributed by atoms with Gasteiger partial charge in [0.2, 0.25) is 5.91 Å². The molecule has 0 radical (unpaired) electrons. The van der Waals surface area contributed by atoms with Crippen LogP contribution in [0.2, 0.25) is 0 Å². The zero-order valence-corrected chi connectivity index (χ0v) is 20.1. The van der Waals surface area contributed by atoms with E-state index in [-0.39, 0.29) is 12.0 Å². The summed E-state index contributed by atoms with van der Waals surface area (Å²) in [7, 11) is 0. The molecule has 7 heteroatoms. The van der Waals surface area contributed by atoms with Crippen LogP contribution in [0.25, 0.3) is 0 Å². The lowest BCUT2D eigenvalue weighted by Gasteiger charge is -2.18. The van der Waals surface area contributed by atoms with Crippen molar-refractivity contribution >= 4 is 11.8 Å². The van der Waals surface area contributed by atoms with Gasteiger partial charge in [0.15, 0.2) is 11.5 Å². The highest BCUT2D eigenvalue weighted by Gasteiger charge is 2.21. The minimum Gasteiger partial charge on any atom is -0.485 e. The molecule has 0 aliphatic carbocycles. The van der Waals surface area contributed by atoms with Crippen LogP contribution in [-0.4, -0.2) is 17.9 Å². The van der Waals surface area contributed by atoms with Crippen molar-refractivity contribution < 1.29 is 23.5 Å². The Balaban J connectivity index is 1.51. The molecule has 0 aliphatic rings. The van der Waals surface area contributed by atoms with Crippen molar-refractivity contribution in [2.75, 3.05) is 0 Å². The highest BCUT2D eigenvalue weighted by atomic mass is 19.1. The van der Waals surface area contributed by atoms with Crippen LogP contribution in [0, 0.1) is 5.82 Å². The van der Waals surface area contributed by atoms with E-state index in [0.29, 0.717) is 24.7 Å². The predicted octanol–water partition coefficient (Wildman–Crippen LogP) is 4.81. The number of amides is 2. The van der Waals surface area contributed by atoms with Gasteiger partial charge in [-0.1, -0.05) is 66.7 Å². The first-order chi connectivity index (χ1) is 18.0. The predicted molar refractivity (Wildman–Crippen MR) is 139 cm³/mol. The number of benzene rings is 4. The van der Waals surface area contributed by atoms with Crippen molar-refractivity contribution in [2.45, 2.75) is 25.7 Å². The molecular formula is C30H27FN2O4. The smallest absolute Gasteiger partial charge is 0.251 e. The molecule has 6 nitrogen and oxygen atoms in total. The summed E-state index contributed by atoms with van der Waals surface area (Å²) in [4.78, 5) is 24.7. The Hall–Kier alpha value is -4.65. The molecule has 0 bridgehead atoms. The second kappa shape index (κ2) is 12.4. The van der Waals surface area contributed by atoms with Crippen molar-refractivity contribution in [3.63, 3.8) is 0 Å². The minimum atomic E-state index is -0.976. The molecule has 0 unspecified atom stereocenters. The highest BCUT2D eigenvalue weighted by Crippen LogP contribution is 2.30. The Kier molecular flexibility index (Phi) is 8.49. The van der Waals surface area contributed by atoms with Gasteiger partial charge in [0, 0.05) is 12.0 Å². The third kappa shape index (κ3) is 7.41. The average Bonchev–Trinajstić information content (AvgIpc) is 2.92. The van der Waals surface area contributed by atoms with Crippen LogP contribution in [0.1, 0.15) is 27.0 Å². The maximum absolute atomic E-state index is 13.2. The van der Waals surface area contributed by atoms with Crippen molar-refractivity contribution in [3.8, 4) is 11.5 Å². The number of rotatable bonds is 11. The number of primary amides is 1. The fraction of sp³-hybridized carbons (Fsp3) is 0.133. The van der Waals surface area contributed by atoms with Gasteiger partial charge in [0.05, 0.1) is 0 Å². The van der Waals surface area contributed by atoms with Crippen LogP contribution in [0.5, 0.6) is 11.5 Å². The third-order valence-corrected chi connectivity index (χ3v) is 5.68. The molecule has 0 heterocycles. The van der Waals surface area contributed by atoms with Gasteiger partial charge in [-0.05, 0) is 53.1 Å². The molecule has 3 N–H and O–H groups in total. The summed E-state index contributed by atoms with van der Waals surface area (Å²) in [5.74, 6) is -0.612. The van der Waals surface area contributed by atoms with Crippen LogP contribution in [0.4, 0.5) is 4.39 Å². The molecule has 37 heavy (non-hydrogen) atoms. The van der Waals surface area contributed by atoms with Gasteiger partial charge in [0.25, 0.3) is 5.91 Å². The second-order valence-corrected chi connectivity index (χ2v) is 8.47. The Bertz CT molecular complexity index is 1330. The Morgan fingerprint density at radius 3 is 1.86 bits per heavy atom. The number of nitrogens with one attached hydrogen (secondary N) is 1. The maximum Gasteiger partial charge on any atom is 0.251 e. The van der Waals surface area contributed by atoms with Crippen molar-refractivity contribution in [1.82, 2.24) is 5.32 Å². The molecule has 2 amide bonds. The van der Waals surface area contributed by atoms with Crippen LogP contribution < -0.4 is 20.5 Å². The fourth-order valence-corrected chi connectivity index (χ4v) is 3.68. The van der Waals surface area contributed by atoms with E-state index in [0.717, 1.165) is 16.7 Å². The van der Waals surface area contributed by atoms with E-state index in [1.807, 2.05) is 60.7 Å². The second-order valence-electron chi connectivity index (χ2n) is 8.47. The van der Waals surface area contributed by atoms with E-state index in [1.54, 1.807) is 18.2 Å². The Morgan fingerprint density at radius 1 is 0.730 bits per heavy atom. The molecule has 4 rings (SSSR count). The van der Waals surface area contributed by atoms with E-state index >= 15 is 0 Å². The maximum atomic E-state index is 13.2. The van der Waals surface area contributed by atoms with Crippen LogP contribution in [0.3, 0.4) is 0 Å². The summed E-state index contributed by atoms with van der Waals surface area (Å²) in [6.07, 6.45) is 0.142. The van der Waals surface area contributed by atoms with Crippen molar-refractivity contribution in [3.05, 3.63) is 131 Å². The van der Waals surface area contributed by atoms with Gasteiger partial charge < -0.3 is 20.5 Å². The van der Waals surface area contributed by atoms with Gasteiger partial charge in [0.1, 0.15) is 25.1 Å². The number of ether oxygens (including phenoxy) is 2. The molecule has 0 saturated heterocycles. The number of hydrogen-bond acceptors (Lipinski definition) is 4. The highest BCUT2D eigenvalue weighted by molar-refractivity contribution is 5.97. The quantitative estimate of drug-likeness (QED) is 0.311. The Morgan fingerprint density at radius 2 is 1.30 bits per heavy atom. The zero-order chi connectivity index (χ0) is 26.0. The summed E-state index contributed by atoms with van der Waals surface area (Å²) >= 11 is 0. The summed E-state index contributed by atoms with van der Waals surface area (Å²) < 4.78 is 25.3. The molecule has 0 saturated carbocycles. The van der Waals surface area contributed by atoms with E-state index in [4.69, 9.17) is 15.2 Å². The number of halogens is 1. The first-order valence-corrected chi connectivity index (χ1v) is 11.8. The molecule has 1 atom stereocenters. The molecule has 4 aromatic rings. The standard InChI is InChI=1S/C30H27FN2O4/c31-25-14-12-24(13-15-25)30(35)33-26(29(32)34)17-23-11-16-27(36-19-21-7-3-1-4-8-21)28(18-23)37-20-22-9-5-2-6-10-22/h1-16,18,26H,17,19-20H2,(H2,32,34)(H,33,35)/t26-/m0/s1. The largest absolute Gasteiger partial charge is 0.485 e. The van der Waals surface area contributed by atoms with E-state index in [9.17, 15) is 14.0 Å². The zero-order valence-electron chi connectivity index (χ0n) is 20.1. The molecule has 188 valence electrons. The lowest BCUT2D eigenvalue weighted by molar-refractivity contribution is -0.119. The number of carbonyl (C=O) groups is 2. The average molecular weight is 499 g/mol. The first-order valence-electron chi connectivity index (χ1n) is 11.8. The number of carbonyl (C=O) groups excluding carboxylic acids is 2. The van der Waals surface area contributed by atoms with Crippen LogP contribution in [-0.2, 0) is 24.4 Å². The summed E-state index contributed by atoms with van der Waals surface area (Å²) in [5.41, 5.74) is 8.53. The van der Waals surface area contributed by atoms with E-state index < -0.39 is 23.7 Å². The van der Waals surface area contributed by atoms with Gasteiger partial charge in [-0.15, -0.1) is 0 Å². The lowest BCUT2D eigenvalue weighted by atomic mass is 10.0. The summed E-state index contributed by atoms with van der Waals surface area (Å²) in [6, 6.07) is 28.9. The van der Waals surface area contributed by atoms with Gasteiger partial charge >= 0.3 is 0 Å². The van der Waals surface area contributed by atoms with Crippen molar-refractivity contribution in [1.29, 1.82) is 0 Å². The van der Waals surface area contributed by atoms with Crippen LogP contribution >= 0.6 is 0 Å². The van der Waals surface area contributed by atoms with E-state index in [2.05, 4.69) is 5.32 Å². The molecular weight excluding hydrogens is 471 g/mol. The van der Waals surface area contributed by atoms with Crippen LogP contribution in [0.15, 0.2) is 103 Å². The number of nitrogens with two attached hydrogens (primary N) is 1. The fourth-order valence-electron chi connectivity index (χ4n) is 3.68. The molecule has 0 aliphatic heterocycles. The molecule has 0 spiro atoms. The molecule has 4 aromatic carbocycles.